The minimum Gasteiger partial charge on any atom is -0.479 e. The van der Waals surface area contributed by atoms with Gasteiger partial charge < -0.3 is 13.6 Å². The normalized spacial score (nSPS) is 19.7. The molecule has 0 bridgehead atoms. The Labute approximate surface area is 196 Å². The summed E-state index contributed by atoms with van der Waals surface area (Å²) >= 11 is 11.5. The number of fused-ring (bicyclic) bond motifs is 1. The van der Waals surface area contributed by atoms with Crippen LogP contribution in [0.5, 0.6) is 11.5 Å². The Kier molecular flexibility index (Phi) is 7.87. The molecule has 5 nitrogen and oxygen atoms in total. The van der Waals surface area contributed by atoms with E-state index in [1.807, 2.05) is 13.8 Å². The number of hydrogen-bond donors (Lipinski definition) is 0. The summed E-state index contributed by atoms with van der Waals surface area (Å²) in [5, 5.41) is 1.87. The summed E-state index contributed by atoms with van der Waals surface area (Å²) in [6.45, 7) is 17.4. The number of ether oxygens (including phenoxy) is 2. The largest absolute Gasteiger partial charge is 0.479 e. The van der Waals surface area contributed by atoms with Gasteiger partial charge in [-0.3, -0.25) is 4.84 Å². The third-order valence-corrected chi connectivity index (χ3v) is 10.1. The first kappa shape index (κ1) is 26.5. The first-order valence-corrected chi connectivity index (χ1v) is 17.7. The molecule has 31 heavy (non-hydrogen) atoms. The van der Waals surface area contributed by atoms with Crippen molar-refractivity contribution >= 4 is 45.4 Å². The average Bonchev–Trinajstić information content (AvgIpc) is 2.79. The molecule has 0 spiro atoms. The molecule has 0 aliphatic carbocycles. The first-order valence-electron chi connectivity index (χ1n) is 10.1. The van der Waals surface area contributed by atoms with Crippen LogP contribution >= 0.6 is 23.8 Å². The lowest BCUT2D eigenvalue weighted by Gasteiger charge is -2.27. The molecule has 3 rings (SSSR count). The number of hydroxylamine groups is 2. The van der Waals surface area contributed by atoms with Gasteiger partial charge in [0.25, 0.3) is 0 Å². The maximum atomic E-state index is 13.1. The van der Waals surface area contributed by atoms with Gasteiger partial charge in [0.2, 0.25) is 0 Å². The molecule has 11 heteroatoms. The van der Waals surface area contributed by atoms with Gasteiger partial charge in [-0.05, 0) is 50.9 Å². The predicted octanol–water partition coefficient (Wildman–Crippen LogP) is 6.48. The maximum Gasteiger partial charge on any atom is 0.433 e. The number of halogens is 3. The fourth-order valence-corrected chi connectivity index (χ4v) is 10.9. The van der Waals surface area contributed by atoms with Crippen LogP contribution < -0.4 is 9.47 Å². The van der Waals surface area contributed by atoms with E-state index >= 15 is 0 Å². The summed E-state index contributed by atoms with van der Waals surface area (Å²) in [6.07, 6.45) is -3.35. The van der Waals surface area contributed by atoms with Crippen LogP contribution in [-0.4, -0.2) is 46.0 Å². The third kappa shape index (κ3) is 7.94. The predicted molar refractivity (Wildman–Crippen MR) is 128 cm³/mol. The van der Waals surface area contributed by atoms with E-state index in [1.165, 1.54) is 6.07 Å². The third-order valence-electron chi connectivity index (χ3n) is 4.08. The van der Waals surface area contributed by atoms with E-state index < -0.39 is 29.4 Å². The summed E-state index contributed by atoms with van der Waals surface area (Å²) in [5.74, 6) is 0.157. The van der Waals surface area contributed by atoms with Crippen molar-refractivity contribution in [2.75, 3.05) is 13.2 Å². The fraction of sp³-hybridized carbons (Fsp3) is 0.650. The van der Waals surface area contributed by atoms with Crippen LogP contribution in [0.15, 0.2) is 12.1 Å². The SMILES string of the molecule is CC1(C)CON(Cc2cc3c(cc2Cl)OC(F)(F)CO3)C1=S.C[Si](C)(C)O[Si](C)(C)C. The van der Waals surface area contributed by atoms with Gasteiger partial charge in [-0.15, -0.1) is 0 Å². The number of thiocarbonyl (C=S) groups is 1. The zero-order valence-corrected chi connectivity index (χ0v) is 23.0. The molecule has 1 aromatic rings. The molecule has 0 N–H and O–H groups in total. The van der Waals surface area contributed by atoms with E-state index in [-0.39, 0.29) is 21.9 Å². The molecule has 2 aliphatic rings. The number of benzene rings is 1. The molecule has 2 heterocycles. The van der Waals surface area contributed by atoms with Crippen molar-refractivity contribution in [2.45, 2.75) is 65.8 Å². The fourth-order valence-electron chi connectivity index (χ4n) is 3.13. The Bertz CT molecular complexity index is 817. The molecule has 2 aliphatic heterocycles. The lowest BCUT2D eigenvalue weighted by Crippen LogP contribution is -2.39. The Morgan fingerprint density at radius 1 is 1.06 bits per heavy atom. The zero-order chi connectivity index (χ0) is 23.8. The number of hydrogen-bond acceptors (Lipinski definition) is 5. The molecule has 0 amide bonds. The van der Waals surface area contributed by atoms with Crippen molar-refractivity contribution in [3.05, 3.63) is 22.7 Å². The van der Waals surface area contributed by atoms with E-state index in [0.717, 1.165) is 0 Å². The van der Waals surface area contributed by atoms with Gasteiger partial charge in [-0.2, -0.15) is 8.78 Å². The summed E-state index contributed by atoms with van der Waals surface area (Å²) in [4.78, 5) is 6.23. The molecule has 0 saturated carbocycles. The molecular formula is C20H32ClF2NO4SSi2. The molecule has 0 unspecified atom stereocenters. The molecule has 1 aromatic carbocycles. The van der Waals surface area contributed by atoms with Crippen LogP contribution in [0, 0.1) is 5.41 Å². The van der Waals surface area contributed by atoms with Gasteiger partial charge in [0.05, 0.1) is 13.2 Å². The van der Waals surface area contributed by atoms with Gasteiger partial charge in [0.15, 0.2) is 34.7 Å². The lowest BCUT2D eigenvalue weighted by molar-refractivity contribution is -0.208. The van der Waals surface area contributed by atoms with Gasteiger partial charge in [0.1, 0.15) is 4.99 Å². The van der Waals surface area contributed by atoms with E-state index in [0.29, 0.717) is 23.7 Å². The second kappa shape index (κ2) is 9.22. The molecule has 0 radical (unpaired) electrons. The van der Waals surface area contributed by atoms with Crippen molar-refractivity contribution in [1.82, 2.24) is 5.06 Å². The highest BCUT2D eigenvalue weighted by Crippen LogP contribution is 2.41. The monoisotopic (exact) mass is 511 g/mol. The maximum absolute atomic E-state index is 13.1. The Morgan fingerprint density at radius 2 is 1.65 bits per heavy atom. The van der Waals surface area contributed by atoms with Gasteiger partial charge in [-0.25, -0.2) is 5.06 Å². The second-order valence-corrected chi connectivity index (χ2v) is 20.3. The van der Waals surface area contributed by atoms with Crippen molar-refractivity contribution in [2.24, 2.45) is 5.41 Å². The van der Waals surface area contributed by atoms with Crippen LogP contribution in [0.3, 0.4) is 0 Å². The molecule has 0 aromatic heterocycles. The molecule has 1 fully saturated rings. The summed E-state index contributed by atoms with van der Waals surface area (Å²) < 4.78 is 41.8. The quantitative estimate of drug-likeness (QED) is 0.340. The smallest absolute Gasteiger partial charge is 0.433 e. The highest BCUT2D eigenvalue weighted by molar-refractivity contribution is 7.80. The minimum atomic E-state index is -3.35. The van der Waals surface area contributed by atoms with Crippen LogP contribution in [0.1, 0.15) is 19.4 Å². The number of rotatable bonds is 4. The van der Waals surface area contributed by atoms with Crippen LogP contribution in [-0.2, 0) is 15.5 Å². The van der Waals surface area contributed by atoms with Gasteiger partial charge in [0, 0.05) is 16.5 Å². The lowest BCUT2D eigenvalue weighted by atomic mass is 9.96. The summed E-state index contributed by atoms with van der Waals surface area (Å²) in [5.41, 5.74) is 0.437. The Balaban J connectivity index is 0.000000323. The van der Waals surface area contributed by atoms with Crippen LogP contribution in [0.4, 0.5) is 8.78 Å². The van der Waals surface area contributed by atoms with Gasteiger partial charge >= 0.3 is 6.11 Å². The van der Waals surface area contributed by atoms with Crippen molar-refractivity contribution in [3.63, 3.8) is 0 Å². The van der Waals surface area contributed by atoms with Crippen LogP contribution in [0.25, 0.3) is 0 Å². The first-order chi connectivity index (χ1) is 13.9. The zero-order valence-electron chi connectivity index (χ0n) is 19.4. The van der Waals surface area contributed by atoms with E-state index in [2.05, 4.69) is 44.0 Å². The van der Waals surface area contributed by atoms with Crippen LogP contribution in [0.2, 0.25) is 44.3 Å². The Hall–Kier alpha value is -0.786. The highest BCUT2D eigenvalue weighted by Gasteiger charge is 2.39. The van der Waals surface area contributed by atoms with Gasteiger partial charge in [-0.1, -0.05) is 37.7 Å². The molecule has 0 atom stereocenters. The summed E-state index contributed by atoms with van der Waals surface area (Å²) in [7, 11) is -2.46. The van der Waals surface area contributed by atoms with E-state index in [1.54, 1.807) is 11.1 Å². The van der Waals surface area contributed by atoms with Crippen molar-refractivity contribution < 1.29 is 27.2 Å². The molecule has 176 valence electrons. The number of nitrogens with zero attached hydrogens (tertiary/aromatic N) is 1. The topological polar surface area (TPSA) is 40.2 Å². The number of alkyl halides is 2. The standard InChI is InChI=1S/C14H14ClF2NO3S.C6H18OSi2/c1-13(2)6-20-18(12(13)22)5-8-3-10-11(4-9(8)15)21-14(16,17)7-19-10;1-8(2,3)7-9(4,5)6/h3-4H,5-7H2,1-2H3;1-6H3. The van der Waals surface area contributed by atoms with Crippen molar-refractivity contribution in [3.8, 4) is 11.5 Å². The highest BCUT2D eigenvalue weighted by atomic mass is 35.5. The summed E-state index contributed by atoms with van der Waals surface area (Å²) in [6, 6.07) is 2.90. The molecular weight excluding hydrogens is 480 g/mol. The van der Waals surface area contributed by atoms with E-state index in [9.17, 15) is 8.78 Å². The van der Waals surface area contributed by atoms with Crippen molar-refractivity contribution in [1.29, 1.82) is 0 Å². The minimum absolute atomic E-state index is 0.0738. The molecule has 1 saturated heterocycles. The average molecular weight is 512 g/mol. The second-order valence-electron chi connectivity index (χ2n) is 10.2. The van der Waals surface area contributed by atoms with E-state index in [4.69, 9.17) is 37.5 Å². The Morgan fingerprint density at radius 3 is 2.10 bits per heavy atom.